The molecule has 2 unspecified atom stereocenters. The van der Waals surface area contributed by atoms with Crippen LogP contribution in [0, 0.1) is 18.8 Å². The summed E-state index contributed by atoms with van der Waals surface area (Å²) in [5, 5.41) is 4.63. The van der Waals surface area contributed by atoms with Gasteiger partial charge in [0, 0.05) is 12.1 Å². The van der Waals surface area contributed by atoms with Crippen LogP contribution in [0.4, 0.5) is 10.8 Å². The van der Waals surface area contributed by atoms with E-state index in [-0.39, 0.29) is 0 Å². The first-order chi connectivity index (χ1) is 7.18. The van der Waals surface area contributed by atoms with Crippen molar-refractivity contribution in [2.24, 2.45) is 11.8 Å². The van der Waals surface area contributed by atoms with E-state index in [1.54, 1.807) is 0 Å². The predicted molar refractivity (Wildman–Crippen MR) is 66.3 cm³/mol. The van der Waals surface area contributed by atoms with E-state index in [9.17, 15) is 0 Å². The second kappa shape index (κ2) is 4.39. The summed E-state index contributed by atoms with van der Waals surface area (Å²) < 4.78 is 4.14. The molecule has 1 heterocycles. The van der Waals surface area contributed by atoms with Gasteiger partial charge in [0.25, 0.3) is 0 Å². The van der Waals surface area contributed by atoms with Crippen molar-refractivity contribution in [3.05, 3.63) is 5.56 Å². The maximum Gasteiger partial charge on any atom is 0.142 e. The molecule has 1 aromatic heterocycles. The summed E-state index contributed by atoms with van der Waals surface area (Å²) in [6.07, 6.45) is 4.13. The molecule has 2 atom stereocenters. The molecule has 1 aliphatic rings. The highest BCUT2D eigenvalue weighted by Gasteiger charge is 2.23. The fourth-order valence-electron chi connectivity index (χ4n) is 2.26. The van der Waals surface area contributed by atoms with Crippen molar-refractivity contribution in [3.63, 3.8) is 0 Å². The molecule has 15 heavy (non-hydrogen) atoms. The van der Waals surface area contributed by atoms with Crippen LogP contribution in [0.2, 0.25) is 0 Å². The van der Waals surface area contributed by atoms with E-state index in [2.05, 4.69) is 16.6 Å². The summed E-state index contributed by atoms with van der Waals surface area (Å²) >= 11 is 1.47. The van der Waals surface area contributed by atoms with Gasteiger partial charge >= 0.3 is 0 Å². The first-order valence-electron chi connectivity index (χ1n) is 5.64. The Labute approximate surface area is 95.2 Å². The third kappa shape index (κ3) is 2.25. The fourth-order valence-corrected chi connectivity index (χ4v) is 2.98. The second-order valence-corrected chi connectivity index (χ2v) is 5.34. The van der Waals surface area contributed by atoms with Crippen LogP contribution in [0.1, 0.15) is 31.7 Å². The molecular weight excluding hydrogens is 206 g/mol. The summed E-state index contributed by atoms with van der Waals surface area (Å²) in [4.78, 5) is 0. The van der Waals surface area contributed by atoms with Crippen molar-refractivity contribution >= 4 is 22.4 Å². The molecule has 0 bridgehead atoms. The minimum Gasteiger partial charge on any atom is -0.383 e. The number of anilines is 2. The molecule has 1 saturated carbocycles. The molecule has 1 aliphatic carbocycles. The molecule has 1 fully saturated rings. The van der Waals surface area contributed by atoms with Gasteiger partial charge in [0.05, 0.1) is 0 Å². The normalized spacial score (nSPS) is 25.7. The lowest BCUT2D eigenvalue weighted by Crippen LogP contribution is -2.16. The van der Waals surface area contributed by atoms with Gasteiger partial charge < -0.3 is 11.1 Å². The van der Waals surface area contributed by atoms with Gasteiger partial charge in [-0.15, -0.1) is 0 Å². The molecule has 1 aromatic rings. The van der Waals surface area contributed by atoms with Crippen molar-refractivity contribution < 1.29 is 0 Å². The van der Waals surface area contributed by atoms with Gasteiger partial charge in [-0.1, -0.05) is 19.8 Å². The van der Waals surface area contributed by atoms with Crippen LogP contribution >= 0.6 is 11.5 Å². The Bertz CT molecular complexity index is 335. The monoisotopic (exact) mass is 225 g/mol. The van der Waals surface area contributed by atoms with Crippen LogP contribution in [0.3, 0.4) is 0 Å². The van der Waals surface area contributed by atoms with E-state index < -0.39 is 0 Å². The molecular formula is C11H19N3S. The number of hydrogen-bond donors (Lipinski definition) is 2. The van der Waals surface area contributed by atoms with E-state index in [0.717, 1.165) is 28.9 Å². The summed E-state index contributed by atoms with van der Waals surface area (Å²) in [5.74, 6) is 2.36. The molecule has 4 heteroatoms. The van der Waals surface area contributed by atoms with Gasteiger partial charge in [-0.05, 0) is 36.7 Å². The highest BCUT2D eigenvalue weighted by molar-refractivity contribution is 7.10. The van der Waals surface area contributed by atoms with Crippen LogP contribution in [0.5, 0.6) is 0 Å². The molecule has 84 valence electrons. The average molecular weight is 225 g/mol. The van der Waals surface area contributed by atoms with Gasteiger partial charge in [0.2, 0.25) is 0 Å². The molecule has 0 spiro atoms. The van der Waals surface area contributed by atoms with E-state index in [0.29, 0.717) is 5.82 Å². The number of hydrogen-bond acceptors (Lipinski definition) is 4. The van der Waals surface area contributed by atoms with E-state index in [1.165, 1.54) is 30.8 Å². The van der Waals surface area contributed by atoms with Crippen LogP contribution < -0.4 is 11.1 Å². The Morgan fingerprint density at radius 1 is 1.53 bits per heavy atom. The quantitative estimate of drug-likeness (QED) is 0.831. The number of nitrogens with one attached hydrogen (secondary N) is 1. The number of nitrogens with zero attached hydrogens (tertiary/aromatic N) is 1. The minimum absolute atomic E-state index is 0.668. The maximum atomic E-state index is 5.71. The van der Waals surface area contributed by atoms with Gasteiger partial charge in [0.1, 0.15) is 10.8 Å². The topological polar surface area (TPSA) is 50.9 Å². The van der Waals surface area contributed by atoms with Crippen LogP contribution in [-0.2, 0) is 0 Å². The Balaban J connectivity index is 1.90. The van der Waals surface area contributed by atoms with Crippen molar-refractivity contribution in [3.8, 4) is 0 Å². The Morgan fingerprint density at radius 3 is 2.87 bits per heavy atom. The molecule has 0 aromatic carbocycles. The minimum atomic E-state index is 0.668. The number of rotatable bonds is 3. The molecule has 0 amide bonds. The van der Waals surface area contributed by atoms with Crippen LogP contribution in [0.25, 0.3) is 0 Å². The lowest BCUT2D eigenvalue weighted by atomic mass is 9.98. The van der Waals surface area contributed by atoms with Crippen molar-refractivity contribution in [1.82, 2.24) is 4.37 Å². The average Bonchev–Trinajstić information content (AvgIpc) is 2.74. The third-order valence-corrected chi connectivity index (χ3v) is 4.45. The molecule has 2 rings (SSSR count). The maximum absolute atomic E-state index is 5.71. The highest BCUT2D eigenvalue weighted by atomic mass is 32.1. The predicted octanol–water partition coefficient (Wildman–Crippen LogP) is 2.88. The second-order valence-electron chi connectivity index (χ2n) is 4.57. The molecule has 3 nitrogen and oxygen atoms in total. The lowest BCUT2D eigenvalue weighted by molar-refractivity contribution is 0.440. The zero-order valence-corrected chi connectivity index (χ0v) is 10.2. The Hall–Kier alpha value is -0.770. The van der Waals surface area contributed by atoms with Gasteiger partial charge in [-0.25, -0.2) is 0 Å². The van der Waals surface area contributed by atoms with Gasteiger partial charge in [0.15, 0.2) is 0 Å². The highest BCUT2D eigenvalue weighted by Crippen LogP contribution is 2.32. The van der Waals surface area contributed by atoms with Crippen molar-refractivity contribution in [2.45, 2.75) is 33.1 Å². The standard InChI is InChI=1S/C11H19N3S/c1-7-4-3-5-9(7)6-13-11-8(2)10(12)14-15-11/h7,9,13H,3-6H2,1-2H3,(H2,12,14). The third-order valence-electron chi connectivity index (χ3n) is 3.52. The van der Waals surface area contributed by atoms with E-state index >= 15 is 0 Å². The van der Waals surface area contributed by atoms with E-state index in [1.807, 2.05) is 6.92 Å². The summed E-state index contributed by atoms with van der Waals surface area (Å²) in [6.45, 7) is 5.45. The summed E-state index contributed by atoms with van der Waals surface area (Å²) in [7, 11) is 0. The summed E-state index contributed by atoms with van der Waals surface area (Å²) in [5.41, 5.74) is 6.81. The molecule has 0 radical (unpaired) electrons. The first-order valence-corrected chi connectivity index (χ1v) is 6.41. The largest absolute Gasteiger partial charge is 0.383 e. The summed E-state index contributed by atoms with van der Waals surface area (Å²) in [6, 6.07) is 0. The van der Waals surface area contributed by atoms with Gasteiger partial charge in [-0.3, -0.25) is 0 Å². The SMILES string of the molecule is Cc1c(N)nsc1NCC1CCCC1C. The van der Waals surface area contributed by atoms with E-state index in [4.69, 9.17) is 5.73 Å². The fraction of sp³-hybridized carbons (Fsp3) is 0.727. The Morgan fingerprint density at radius 2 is 2.33 bits per heavy atom. The number of nitrogens with two attached hydrogens (primary N) is 1. The van der Waals surface area contributed by atoms with Crippen molar-refractivity contribution in [2.75, 3.05) is 17.6 Å². The lowest BCUT2D eigenvalue weighted by Gasteiger charge is -2.15. The molecule has 0 saturated heterocycles. The van der Waals surface area contributed by atoms with Gasteiger partial charge in [-0.2, -0.15) is 4.37 Å². The number of aromatic nitrogens is 1. The van der Waals surface area contributed by atoms with Crippen LogP contribution in [-0.4, -0.2) is 10.9 Å². The zero-order valence-electron chi connectivity index (χ0n) is 9.42. The Kier molecular flexibility index (Phi) is 3.14. The molecule has 0 aliphatic heterocycles. The van der Waals surface area contributed by atoms with Crippen molar-refractivity contribution in [1.29, 1.82) is 0 Å². The number of nitrogen functional groups attached to an aromatic ring is 1. The van der Waals surface area contributed by atoms with Crippen LogP contribution in [0.15, 0.2) is 0 Å². The molecule has 3 N–H and O–H groups in total. The smallest absolute Gasteiger partial charge is 0.142 e. The first kappa shape index (κ1) is 10.7. The zero-order chi connectivity index (χ0) is 10.8.